The third-order valence-corrected chi connectivity index (χ3v) is 9.55. The SMILES string of the molecule is CC.Cc1cc(C(C)Nc2ccc(Cl)nc2-c2ccc(Br)c(C3OCCO3)c2)c2oc(N3CCC(C)(C)CC3)c(C)c(=O)c2c1. The topological polar surface area (TPSA) is 76.8 Å². The molecule has 9 heteroatoms. The number of hydrogen-bond donors (Lipinski definition) is 1. The summed E-state index contributed by atoms with van der Waals surface area (Å²) in [5, 5.41) is 4.64. The second kappa shape index (κ2) is 13.8. The first-order valence-electron chi connectivity index (χ1n) is 15.8. The molecule has 0 spiro atoms. The summed E-state index contributed by atoms with van der Waals surface area (Å²) in [5.41, 5.74) is 6.78. The number of rotatable bonds is 6. The minimum absolute atomic E-state index is 0.0193. The van der Waals surface area contributed by atoms with Crippen LogP contribution < -0.4 is 15.6 Å². The van der Waals surface area contributed by atoms with E-state index in [0.29, 0.717) is 51.9 Å². The van der Waals surface area contributed by atoms with Crippen LogP contribution in [-0.4, -0.2) is 31.3 Å². The van der Waals surface area contributed by atoms with Gasteiger partial charge < -0.3 is 24.1 Å². The third-order valence-electron chi connectivity index (χ3n) is 8.62. The van der Waals surface area contributed by atoms with Crippen LogP contribution in [0.4, 0.5) is 11.6 Å². The Hall–Kier alpha value is -2.91. The smallest absolute Gasteiger partial charge is 0.202 e. The first-order chi connectivity index (χ1) is 21.5. The molecule has 4 heterocycles. The predicted octanol–water partition coefficient (Wildman–Crippen LogP) is 9.76. The van der Waals surface area contributed by atoms with E-state index < -0.39 is 6.29 Å². The summed E-state index contributed by atoms with van der Waals surface area (Å²) in [6, 6.07) is 13.5. The molecule has 1 unspecified atom stereocenters. The van der Waals surface area contributed by atoms with Gasteiger partial charge in [-0.1, -0.05) is 67.4 Å². The van der Waals surface area contributed by atoms with Crippen LogP contribution in [0.25, 0.3) is 22.2 Å². The molecule has 6 rings (SSSR count). The van der Waals surface area contributed by atoms with E-state index in [1.165, 1.54) is 0 Å². The molecule has 0 amide bonds. The van der Waals surface area contributed by atoms with Crippen molar-refractivity contribution in [2.24, 2.45) is 5.41 Å². The van der Waals surface area contributed by atoms with Gasteiger partial charge in [0.05, 0.1) is 41.6 Å². The van der Waals surface area contributed by atoms with Crippen LogP contribution in [0.15, 0.2) is 56.1 Å². The Balaban J connectivity index is 0.00000196. The number of ether oxygens (including phenoxy) is 2. The molecule has 2 aliphatic rings. The van der Waals surface area contributed by atoms with Crippen LogP contribution in [-0.2, 0) is 9.47 Å². The van der Waals surface area contributed by atoms with Gasteiger partial charge in [-0.2, -0.15) is 0 Å². The molecular formula is C36H43BrClN3O4. The Bertz CT molecular complexity index is 1740. The molecule has 1 atom stereocenters. The Morgan fingerprint density at radius 1 is 1.04 bits per heavy atom. The zero-order chi connectivity index (χ0) is 32.5. The Labute approximate surface area is 279 Å². The number of hydrogen-bond acceptors (Lipinski definition) is 7. The van der Waals surface area contributed by atoms with Crippen LogP contribution in [0.5, 0.6) is 0 Å². The van der Waals surface area contributed by atoms with Crippen molar-refractivity contribution in [1.82, 2.24) is 4.98 Å². The van der Waals surface area contributed by atoms with E-state index in [4.69, 9.17) is 30.5 Å². The standard InChI is InChI=1S/C34H37BrClN3O4.C2H6/c1-19-16-23(31-25(17-19)30(40)20(2)32(43-31)39-12-10-34(4,5)11-13-39)21(3)37-27-8-9-28(36)38-29(27)22-6-7-26(35)24(18-22)33-41-14-15-42-33;1-2/h6-9,16-18,21,33,37H,10-15H2,1-5H3;1-2H3. The van der Waals surface area contributed by atoms with Gasteiger partial charge in [-0.15, -0.1) is 0 Å². The second-order valence-corrected chi connectivity index (χ2v) is 13.7. The molecule has 2 aromatic heterocycles. The van der Waals surface area contributed by atoms with Crippen LogP contribution in [0.3, 0.4) is 0 Å². The number of anilines is 2. The quantitative estimate of drug-likeness (QED) is 0.201. The van der Waals surface area contributed by atoms with Crippen LogP contribution in [0.1, 0.15) is 82.0 Å². The summed E-state index contributed by atoms with van der Waals surface area (Å²) in [6.07, 6.45) is 1.67. The van der Waals surface area contributed by atoms with E-state index in [2.05, 4.69) is 53.0 Å². The van der Waals surface area contributed by atoms with Gasteiger partial charge in [-0.3, -0.25) is 4.79 Å². The number of nitrogens with zero attached hydrogens (tertiary/aromatic N) is 2. The lowest BCUT2D eigenvalue weighted by atomic mass is 9.82. The maximum absolute atomic E-state index is 13.7. The van der Waals surface area contributed by atoms with Gasteiger partial charge in [0.1, 0.15) is 10.7 Å². The van der Waals surface area contributed by atoms with Crippen LogP contribution in [0.2, 0.25) is 5.15 Å². The summed E-state index contributed by atoms with van der Waals surface area (Å²) in [6.45, 7) is 17.4. The molecule has 0 aliphatic carbocycles. The first kappa shape index (κ1) is 33.5. The molecule has 2 saturated heterocycles. The molecule has 45 heavy (non-hydrogen) atoms. The van der Waals surface area contributed by atoms with Crippen molar-refractivity contribution >= 4 is 50.1 Å². The number of benzene rings is 2. The van der Waals surface area contributed by atoms with Gasteiger partial charge >= 0.3 is 0 Å². The van der Waals surface area contributed by atoms with E-state index in [1.54, 1.807) is 6.07 Å². The largest absolute Gasteiger partial charge is 0.440 e. The highest BCUT2D eigenvalue weighted by Crippen LogP contribution is 2.39. The average molecular weight is 697 g/mol. The van der Waals surface area contributed by atoms with Crippen molar-refractivity contribution in [3.63, 3.8) is 0 Å². The van der Waals surface area contributed by atoms with Crippen molar-refractivity contribution < 1.29 is 13.9 Å². The zero-order valence-corrected chi connectivity index (χ0v) is 29.6. The van der Waals surface area contributed by atoms with Crippen molar-refractivity contribution in [2.75, 3.05) is 36.5 Å². The number of pyridine rings is 1. The minimum atomic E-state index is -0.436. The number of nitrogens with one attached hydrogen (secondary N) is 1. The van der Waals surface area contributed by atoms with Gasteiger partial charge in [0, 0.05) is 34.3 Å². The van der Waals surface area contributed by atoms with E-state index in [0.717, 1.165) is 58.3 Å². The number of piperidine rings is 1. The lowest BCUT2D eigenvalue weighted by Crippen LogP contribution is -2.38. The number of aryl methyl sites for hydroxylation is 1. The Morgan fingerprint density at radius 3 is 2.42 bits per heavy atom. The molecule has 240 valence electrons. The van der Waals surface area contributed by atoms with E-state index in [9.17, 15) is 4.79 Å². The van der Waals surface area contributed by atoms with Crippen molar-refractivity contribution in [3.8, 4) is 11.3 Å². The first-order valence-corrected chi connectivity index (χ1v) is 17.0. The minimum Gasteiger partial charge on any atom is -0.440 e. The van der Waals surface area contributed by atoms with Gasteiger partial charge in [-0.25, -0.2) is 4.98 Å². The predicted molar refractivity (Wildman–Crippen MR) is 188 cm³/mol. The highest BCUT2D eigenvalue weighted by Gasteiger charge is 2.29. The summed E-state index contributed by atoms with van der Waals surface area (Å²) in [4.78, 5) is 20.6. The lowest BCUT2D eigenvalue weighted by Gasteiger charge is -2.37. The summed E-state index contributed by atoms with van der Waals surface area (Å²) in [7, 11) is 0. The van der Waals surface area contributed by atoms with Crippen LogP contribution >= 0.6 is 27.5 Å². The Morgan fingerprint density at radius 2 is 1.73 bits per heavy atom. The highest BCUT2D eigenvalue weighted by molar-refractivity contribution is 9.10. The van der Waals surface area contributed by atoms with E-state index in [1.807, 2.05) is 58.0 Å². The molecule has 7 nitrogen and oxygen atoms in total. The molecule has 0 bridgehead atoms. The fourth-order valence-electron chi connectivity index (χ4n) is 5.99. The van der Waals surface area contributed by atoms with Crippen LogP contribution in [0, 0.1) is 19.3 Å². The van der Waals surface area contributed by atoms with Gasteiger partial charge in [-0.05, 0) is 74.9 Å². The highest BCUT2D eigenvalue weighted by atomic mass is 79.9. The molecule has 4 aromatic rings. The van der Waals surface area contributed by atoms with Gasteiger partial charge in [0.15, 0.2) is 11.7 Å². The molecule has 0 saturated carbocycles. The monoisotopic (exact) mass is 695 g/mol. The fourth-order valence-corrected chi connectivity index (χ4v) is 6.57. The summed E-state index contributed by atoms with van der Waals surface area (Å²) >= 11 is 10.0. The van der Waals surface area contributed by atoms with Gasteiger partial charge in [0.25, 0.3) is 0 Å². The van der Waals surface area contributed by atoms with E-state index in [-0.39, 0.29) is 11.5 Å². The fraction of sp³-hybridized carbons (Fsp3) is 0.444. The zero-order valence-electron chi connectivity index (χ0n) is 27.2. The molecule has 1 N–H and O–H groups in total. The lowest BCUT2D eigenvalue weighted by molar-refractivity contribution is -0.0446. The summed E-state index contributed by atoms with van der Waals surface area (Å²) in [5.74, 6) is 0.679. The third kappa shape index (κ3) is 7.09. The molecule has 2 aromatic carbocycles. The number of aromatic nitrogens is 1. The van der Waals surface area contributed by atoms with Crippen molar-refractivity contribution in [3.05, 3.63) is 84.6 Å². The number of halogens is 2. The molecule has 0 radical (unpaired) electrons. The number of fused-ring (bicyclic) bond motifs is 1. The Kier molecular flexibility index (Phi) is 10.3. The van der Waals surface area contributed by atoms with Crippen molar-refractivity contribution in [1.29, 1.82) is 0 Å². The maximum atomic E-state index is 13.7. The van der Waals surface area contributed by atoms with Gasteiger partial charge in [0.2, 0.25) is 5.88 Å². The normalized spacial score (nSPS) is 17.2. The average Bonchev–Trinajstić information content (AvgIpc) is 3.56. The maximum Gasteiger partial charge on any atom is 0.202 e. The second-order valence-electron chi connectivity index (χ2n) is 12.4. The molecule has 2 fully saturated rings. The van der Waals surface area contributed by atoms with E-state index >= 15 is 0 Å². The summed E-state index contributed by atoms with van der Waals surface area (Å²) < 4.78 is 19.1. The molecule has 2 aliphatic heterocycles. The van der Waals surface area contributed by atoms with Crippen molar-refractivity contribution in [2.45, 2.75) is 73.6 Å². The molecular weight excluding hydrogens is 654 g/mol.